The molecule has 0 N–H and O–H groups in total. The monoisotopic (exact) mass is 545 g/mol. The van der Waals surface area contributed by atoms with Crippen LogP contribution in [0, 0.1) is 17.9 Å². The van der Waals surface area contributed by atoms with E-state index in [9.17, 15) is 5.26 Å². The zero-order chi connectivity index (χ0) is 29.3. The largest absolute Gasteiger partial charge is 0.462 e. The van der Waals surface area contributed by atoms with Crippen LogP contribution in [0.1, 0.15) is 31.4 Å². The number of ether oxygens (including phenoxy) is 1. The van der Waals surface area contributed by atoms with E-state index >= 15 is 0 Å². The molecule has 0 unspecified atom stereocenters. The minimum Gasteiger partial charge on any atom is -0.462 e. The summed E-state index contributed by atoms with van der Waals surface area (Å²) in [5.74, 6) is 1.22. The predicted octanol–water partition coefficient (Wildman–Crippen LogP) is 10.3. The third-order valence-corrected chi connectivity index (χ3v) is 6.98. The van der Waals surface area contributed by atoms with E-state index in [1.165, 1.54) is 16.7 Å². The van der Waals surface area contributed by atoms with Gasteiger partial charge in [-0.15, -0.1) is 0 Å². The van der Waals surface area contributed by atoms with Gasteiger partial charge in [0, 0.05) is 17.1 Å². The Balaban J connectivity index is 1.44. The minimum atomic E-state index is 0.0486. The SMILES string of the molecule is [C-]#[N+]/C(C#N)=C1/C=C(C)OC(/C=C/c2ccc(N(c3ccc(CCC)cc3)c3ccc(-c4ccccc4)cc3)cc2)=C1. The lowest BCUT2D eigenvalue weighted by atomic mass is 10.0. The summed E-state index contributed by atoms with van der Waals surface area (Å²) in [7, 11) is 0. The molecule has 4 heteroatoms. The molecule has 0 amide bonds. The van der Waals surface area contributed by atoms with E-state index in [2.05, 4.69) is 114 Å². The maximum atomic E-state index is 9.25. The Kier molecular flexibility index (Phi) is 8.78. The molecule has 0 fully saturated rings. The Morgan fingerprint density at radius 1 is 0.810 bits per heavy atom. The second kappa shape index (κ2) is 13.2. The number of hydrogen-bond acceptors (Lipinski definition) is 3. The number of aryl methyl sites for hydroxylation is 1. The van der Waals surface area contributed by atoms with Crippen molar-refractivity contribution in [2.45, 2.75) is 26.7 Å². The lowest BCUT2D eigenvalue weighted by Crippen LogP contribution is -2.10. The fourth-order valence-electron chi connectivity index (χ4n) is 4.93. The van der Waals surface area contributed by atoms with Crippen molar-refractivity contribution in [2.75, 3.05) is 4.90 Å². The molecule has 0 saturated carbocycles. The molecule has 1 aliphatic rings. The highest BCUT2D eigenvalue weighted by Gasteiger charge is 2.14. The minimum absolute atomic E-state index is 0.0486. The third-order valence-electron chi connectivity index (χ3n) is 6.98. The second-order valence-electron chi connectivity index (χ2n) is 10.0. The first-order chi connectivity index (χ1) is 20.6. The quantitative estimate of drug-likeness (QED) is 0.163. The molecule has 0 bridgehead atoms. The van der Waals surface area contributed by atoms with Gasteiger partial charge >= 0.3 is 0 Å². The van der Waals surface area contributed by atoms with Crippen molar-refractivity contribution < 1.29 is 4.74 Å². The Labute approximate surface area is 248 Å². The zero-order valence-corrected chi connectivity index (χ0v) is 23.8. The molecule has 0 atom stereocenters. The highest BCUT2D eigenvalue weighted by atomic mass is 16.5. The van der Waals surface area contributed by atoms with E-state index in [4.69, 9.17) is 11.3 Å². The van der Waals surface area contributed by atoms with Crippen LogP contribution in [0.3, 0.4) is 0 Å². The van der Waals surface area contributed by atoms with Gasteiger partial charge in [-0.05, 0) is 95.8 Å². The standard InChI is InChI=1S/C38H31N3O/c1-4-8-29-11-18-34(19-12-29)41(36-22-16-32(17-23-36)31-9-6-5-7-10-31)35-20-13-30(14-21-35)15-24-37-26-33(25-28(2)42-37)38(27-39)40-3/h5-7,9-26H,4,8H2,1-2H3/b24-15+,38-33-. The lowest BCUT2D eigenvalue weighted by Gasteiger charge is -2.26. The molecule has 1 heterocycles. The Morgan fingerprint density at radius 2 is 1.40 bits per heavy atom. The summed E-state index contributed by atoms with van der Waals surface area (Å²) in [5.41, 5.74) is 8.55. The van der Waals surface area contributed by atoms with Crippen molar-refractivity contribution in [3.8, 4) is 17.2 Å². The van der Waals surface area contributed by atoms with E-state index in [0.29, 0.717) is 17.1 Å². The van der Waals surface area contributed by atoms with Gasteiger partial charge in [0.15, 0.2) is 0 Å². The van der Waals surface area contributed by atoms with Crippen molar-refractivity contribution in [1.82, 2.24) is 0 Å². The van der Waals surface area contributed by atoms with Gasteiger partial charge in [0.1, 0.15) is 11.5 Å². The predicted molar refractivity (Wildman–Crippen MR) is 172 cm³/mol. The smallest absolute Gasteiger partial charge is 0.269 e. The van der Waals surface area contributed by atoms with Gasteiger partial charge in [-0.3, -0.25) is 0 Å². The first-order valence-corrected chi connectivity index (χ1v) is 14.0. The summed E-state index contributed by atoms with van der Waals surface area (Å²) in [5, 5.41) is 9.25. The molecular weight excluding hydrogens is 514 g/mol. The highest BCUT2D eigenvalue weighted by Crippen LogP contribution is 2.36. The van der Waals surface area contributed by atoms with Gasteiger partial charge < -0.3 is 9.64 Å². The molecule has 42 heavy (non-hydrogen) atoms. The third kappa shape index (κ3) is 6.58. The number of hydrogen-bond donors (Lipinski definition) is 0. The van der Waals surface area contributed by atoms with Crippen LogP contribution in [0.2, 0.25) is 0 Å². The topological polar surface area (TPSA) is 40.6 Å². The van der Waals surface area contributed by atoms with E-state index < -0.39 is 0 Å². The summed E-state index contributed by atoms with van der Waals surface area (Å²) in [4.78, 5) is 5.59. The first-order valence-electron chi connectivity index (χ1n) is 14.0. The molecule has 1 aliphatic heterocycles. The van der Waals surface area contributed by atoms with Gasteiger partial charge in [0.25, 0.3) is 5.70 Å². The average Bonchev–Trinajstić information content (AvgIpc) is 3.03. The van der Waals surface area contributed by atoms with Gasteiger partial charge in [0.2, 0.25) is 0 Å². The van der Waals surface area contributed by atoms with E-state index in [-0.39, 0.29) is 5.70 Å². The number of nitrogens with zero attached hydrogens (tertiary/aromatic N) is 3. The summed E-state index contributed by atoms with van der Waals surface area (Å²) in [6, 6.07) is 38.2. The molecule has 0 aliphatic carbocycles. The average molecular weight is 546 g/mol. The molecule has 0 aromatic heterocycles. The van der Waals surface area contributed by atoms with Gasteiger partial charge in [0.05, 0.1) is 12.6 Å². The maximum absolute atomic E-state index is 9.25. The number of nitriles is 1. The molecule has 204 valence electrons. The molecule has 0 spiro atoms. The Hall–Kier alpha value is -5.58. The fraction of sp³-hybridized carbons (Fsp3) is 0.105. The summed E-state index contributed by atoms with van der Waals surface area (Å²) in [6.45, 7) is 11.3. The summed E-state index contributed by atoms with van der Waals surface area (Å²) in [6.07, 6.45) is 9.43. The van der Waals surface area contributed by atoms with E-state index in [1.54, 1.807) is 12.2 Å². The number of benzene rings is 4. The van der Waals surface area contributed by atoms with Crippen molar-refractivity contribution in [3.05, 3.63) is 167 Å². The lowest BCUT2D eigenvalue weighted by molar-refractivity contribution is 0.318. The van der Waals surface area contributed by atoms with Crippen molar-refractivity contribution >= 4 is 23.1 Å². The number of anilines is 3. The molecule has 4 nitrogen and oxygen atoms in total. The zero-order valence-electron chi connectivity index (χ0n) is 23.8. The van der Waals surface area contributed by atoms with Crippen LogP contribution < -0.4 is 4.90 Å². The fourth-order valence-corrected chi connectivity index (χ4v) is 4.93. The summed E-state index contributed by atoms with van der Waals surface area (Å²) < 4.78 is 5.80. The molecular formula is C38H31N3O. The van der Waals surface area contributed by atoms with Crippen LogP contribution >= 0.6 is 0 Å². The van der Waals surface area contributed by atoms with Gasteiger partial charge in [-0.2, -0.15) is 0 Å². The van der Waals surface area contributed by atoms with Crippen LogP contribution in [0.25, 0.3) is 22.0 Å². The van der Waals surface area contributed by atoms with Crippen LogP contribution in [0.15, 0.2) is 144 Å². The molecule has 0 radical (unpaired) electrons. The molecule has 5 rings (SSSR count). The Morgan fingerprint density at radius 3 is 2.00 bits per heavy atom. The van der Waals surface area contributed by atoms with Crippen LogP contribution in [0.5, 0.6) is 0 Å². The van der Waals surface area contributed by atoms with Crippen molar-refractivity contribution in [3.63, 3.8) is 0 Å². The van der Waals surface area contributed by atoms with Gasteiger partial charge in [-0.25, -0.2) is 10.1 Å². The van der Waals surface area contributed by atoms with Gasteiger partial charge in [-0.1, -0.05) is 86.2 Å². The number of allylic oxidation sites excluding steroid dienone is 6. The molecule has 4 aromatic carbocycles. The molecule has 0 saturated heterocycles. The normalized spacial score (nSPS) is 13.8. The van der Waals surface area contributed by atoms with Crippen LogP contribution in [-0.4, -0.2) is 0 Å². The van der Waals surface area contributed by atoms with Crippen molar-refractivity contribution in [2.24, 2.45) is 0 Å². The van der Waals surface area contributed by atoms with E-state index in [0.717, 1.165) is 35.5 Å². The van der Waals surface area contributed by atoms with Crippen molar-refractivity contribution in [1.29, 1.82) is 5.26 Å². The van der Waals surface area contributed by atoms with Crippen LogP contribution in [-0.2, 0) is 11.2 Å². The molecule has 4 aromatic rings. The first kappa shape index (κ1) is 28.0. The highest BCUT2D eigenvalue weighted by molar-refractivity contribution is 5.79. The maximum Gasteiger partial charge on any atom is 0.269 e. The Bertz CT molecular complexity index is 1730. The van der Waals surface area contributed by atoms with E-state index in [1.807, 2.05) is 31.2 Å². The van der Waals surface area contributed by atoms with Crippen LogP contribution in [0.4, 0.5) is 17.1 Å². The second-order valence-corrected chi connectivity index (χ2v) is 10.0. The summed E-state index contributed by atoms with van der Waals surface area (Å²) >= 11 is 0. The number of rotatable bonds is 8.